The molecule has 1 aliphatic heterocycles. The highest BCUT2D eigenvalue weighted by atomic mass is 15.2. The Bertz CT molecular complexity index is 204. The summed E-state index contributed by atoms with van der Waals surface area (Å²) >= 11 is 0. The molecule has 0 saturated heterocycles. The maximum Gasteiger partial charge on any atom is 0.0989 e. The largest absolute Gasteiger partial charge is 0.355 e. The van der Waals surface area contributed by atoms with Crippen LogP contribution in [0.25, 0.3) is 0 Å². The number of allylic oxidation sites excluding steroid dienone is 2. The lowest BCUT2D eigenvalue weighted by molar-refractivity contribution is 0.340. The van der Waals surface area contributed by atoms with Crippen molar-refractivity contribution in [3.8, 4) is 0 Å². The zero-order valence-corrected chi connectivity index (χ0v) is 6.83. The summed E-state index contributed by atoms with van der Waals surface area (Å²) in [6.07, 6.45) is 7.90. The molecule has 0 saturated carbocycles. The van der Waals surface area contributed by atoms with Gasteiger partial charge >= 0.3 is 0 Å². The van der Waals surface area contributed by atoms with Gasteiger partial charge in [0.1, 0.15) is 0 Å². The van der Waals surface area contributed by atoms with Crippen molar-refractivity contribution < 1.29 is 0 Å². The Morgan fingerprint density at radius 2 is 2.55 bits per heavy atom. The van der Waals surface area contributed by atoms with Crippen LogP contribution in [0.2, 0.25) is 0 Å². The number of rotatable bonds is 2. The van der Waals surface area contributed by atoms with Gasteiger partial charge in [-0.05, 0) is 18.6 Å². The van der Waals surface area contributed by atoms with E-state index in [1.807, 2.05) is 36.3 Å². The first-order chi connectivity index (χ1) is 5.25. The van der Waals surface area contributed by atoms with E-state index < -0.39 is 0 Å². The standard InChI is InChI=1S/C9H14N2/c1-3-6-11-7-4-5-8(2)9(11)10/h3-5,7,9H,1,6,10H2,2H3. The summed E-state index contributed by atoms with van der Waals surface area (Å²) in [7, 11) is 0. The first-order valence-corrected chi connectivity index (χ1v) is 3.73. The minimum absolute atomic E-state index is 0.0259. The molecule has 0 aromatic heterocycles. The fourth-order valence-electron chi connectivity index (χ4n) is 1.08. The Hall–Kier alpha value is -1.02. The van der Waals surface area contributed by atoms with Crippen LogP contribution in [0.4, 0.5) is 0 Å². The van der Waals surface area contributed by atoms with Crippen molar-refractivity contribution in [1.29, 1.82) is 0 Å². The molecule has 0 spiro atoms. The second-order valence-electron chi connectivity index (χ2n) is 2.68. The molecule has 0 aromatic carbocycles. The Balaban J connectivity index is 2.64. The van der Waals surface area contributed by atoms with Gasteiger partial charge in [0.15, 0.2) is 0 Å². The molecule has 1 rings (SSSR count). The average Bonchev–Trinajstić information content (AvgIpc) is 1.99. The van der Waals surface area contributed by atoms with Crippen LogP contribution < -0.4 is 5.73 Å². The second-order valence-corrected chi connectivity index (χ2v) is 2.68. The Morgan fingerprint density at radius 3 is 3.18 bits per heavy atom. The van der Waals surface area contributed by atoms with Gasteiger partial charge in [0.05, 0.1) is 6.17 Å². The van der Waals surface area contributed by atoms with Gasteiger partial charge in [0, 0.05) is 12.7 Å². The van der Waals surface area contributed by atoms with Crippen molar-refractivity contribution in [3.05, 3.63) is 36.6 Å². The number of hydrogen-bond acceptors (Lipinski definition) is 2. The highest BCUT2D eigenvalue weighted by Crippen LogP contribution is 2.10. The lowest BCUT2D eigenvalue weighted by Crippen LogP contribution is -2.40. The minimum atomic E-state index is 0.0259. The summed E-state index contributed by atoms with van der Waals surface area (Å²) in [5.41, 5.74) is 7.06. The molecule has 0 aromatic rings. The van der Waals surface area contributed by atoms with Crippen molar-refractivity contribution in [2.24, 2.45) is 5.73 Å². The maximum atomic E-state index is 5.87. The summed E-state index contributed by atoms with van der Waals surface area (Å²) in [6, 6.07) is 0. The Labute approximate surface area is 67.7 Å². The SMILES string of the molecule is C=CCN1C=CC=C(C)C1N. The molecular weight excluding hydrogens is 136 g/mol. The van der Waals surface area contributed by atoms with Crippen molar-refractivity contribution in [1.82, 2.24) is 4.90 Å². The van der Waals surface area contributed by atoms with Gasteiger partial charge in [-0.15, -0.1) is 6.58 Å². The van der Waals surface area contributed by atoms with Crippen molar-refractivity contribution in [3.63, 3.8) is 0 Å². The molecule has 1 heterocycles. The van der Waals surface area contributed by atoms with Crippen LogP contribution in [0.1, 0.15) is 6.92 Å². The third-order valence-corrected chi connectivity index (χ3v) is 1.80. The molecule has 2 nitrogen and oxygen atoms in total. The molecule has 1 aliphatic rings. The smallest absolute Gasteiger partial charge is 0.0989 e. The Kier molecular flexibility index (Phi) is 2.49. The lowest BCUT2D eigenvalue weighted by atomic mass is 10.1. The molecule has 0 radical (unpaired) electrons. The van der Waals surface area contributed by atoms with Gasteiger partial charge in [-0.3, -0.25) is 0 Å². The molecule has 2 heteroatoms. The molecule has 2 N–H and O–H groups in total. The van der Waals surface area contributed by atoms with E-state index in [0.29, 0.717) is 0 Å². The molecule has 11 heavy (non-hydrogen) atoms. The van der Waals surface area contributed by atoms with E-state index in [-0.39, 0.29) is 6.17 Å². The molecule has 0 amide bonds. The quantitative estimate of drug-likeness (QED) is 0.600. The molecule has 60 valence electrons. The van der Waals surface area contributed by atoms with Gasteiger partial charge in [0.25, 0.3) is 0 Å². The lowest BCUT2D eigenvalue weighted by Gasteiger charge is -2.29. The predicted molar refractivity (Wildman–Crippen MR) is 47.8 cm³/mol. The maximum absolute atomic E-state index is 5.87. The van der Waals surface area contributed by atoms with Gasteiger partial charge in [0.2, 0.25) is 0 Å². The zero-order valence-electron chi connectivity index (χ0n) is 6.83. The second kappa shape index (κ2) is 3.39. The van der Waals surface area contributed by atoms with E-state index in [4.69, 9.17) is 5.73 Å². The highest BCUT2D eigenvalue weighted by Gasteiger charge is 2.12. The summed E-state index contributed by atoms with van der Waals surface area (Å²) in [5, 5.41) is 0. The summed E-state index contributed by atoms with van der Waals surface area (Å²) < 4.78 is 0. The van der Waals surface area contributed by atoms with Crippen molar-refractivity contribution in [2.75, 3.05) is 6.54 Å². The average molecular weight is 150 g/mol. The van der Waals surface area contributed by atoms with Crippen LogP contribution in [-0.2, 0) is 0 Å². The van der Waals surface area contributed by atoms with Gasteiger partial charge in [-0.2, -0.15) is 0 Å². The van der Waals surface area contributed by atoms with Crippen molar-refractivity contribution >= 4 is 0 Å². The third-order valence-electron chi connectivity index (χ3n) is 1.80. The molecule has 0 aliphatic carbocycles. The molecule has 1 atom stereocenters. The van der Waals surface area contributed by atoms with E-state index in [0.717, 1.165) is 6.54 Å². The van der Waals surface area contributed by atoms with Crippen LogP contribution in [0.5, 0.6) is 0 Å². The highest BCUT2D eigenvalue weighted by molar-refractivity contribution is 5.20. The summed E-state index contributed by atoms with van der Waals surface area (Å²) in [5.74, 6) is 0. The number of nitrogens with zero attached hydrogens (tertiary/aromatic N) is 1. The summed E-state index contributed by atoms with van der Waals surface area (Å²) in [4.78, 5) is 2.04. The molecular formula is C9H14N2. The van der Waals surface area contributed by atoms with Crippen molar-refractivity contribution in [2.45, 2.75) is 13.1 Å². The van der Waals surface area contributed by atoms with Gasteiger partial charge in [-0.1, -0.05) is 12.2 Å². The predicted octanol–water partition coefficient (Wildman–Crippen LogP) is 1.23. The van der Waals surface area contributed by atoms with Crippen LogP contribution >= 0.6 is 0 Å². The summed E-state index contributed by atoms with van der Waals surface area (Å²) in [6.45, 7) is 6.50. The van der Waals surface area contributed by atoms with Crippen LogP contribution in [-0.4, -0.2) is 17.6 Å². The van der Waals surface area contributed by atoms with E-state index >= 15 is 0 Å². The topological polar surface area (TPSA) is 29.3 Å². The number of nitrogens with two attached hydrogens (primary N) is 1. The monoisotopic (exact) mass is 150 g/mol. The van der Waals surface area contributed by atoms with E-state index in [1.54, 1.807) is 0 Å². The minimum Gasteiger partial charge on any atom is -0.355 e. The Morgan fingerprint density at radius 1 is 1.82 bits per heavy atom. The van der Waals surface area contributed by atoms with Crippen LogP contribution in [0, 0.1) is 0 Å². The van der Waals surface area contributed by atoms with Gasteiger partial charge < -0.3 is 10.6 Å². The number of hydrogen-bond donors (Lipinski definition) is 1. The van der Waals surface area contributed by atoms with E-state index in [9.17, 15) is 0 Å². The van der Waals surface area contributed by atoms with Crippen LogP contribution in [0.3, 0.4) is 0 Å². The van der Waals surface area contributed by atoms with E-state index in [2.05, 4.69) is 6.58 Å². The fourth-order valence-corrected chi connectivity index (χ4v) is 1.08. The third kappa shape index (κ3) is 1.71. The fraction of sp³-hybridized carbons (Fsp3) is 0.333. The zero-order chi connectivity index (χ0) is 8.27. The normalized spacial score (nSPS) is 23.3. The first-order valence-electron chi connectivity index (χ1n) is 3.73. The molecule has 0 bridgehead atoms. The molecule has 1 unspecified atom stereocenters. The molecule has 0 fully saturated rings. The van der Waals surface area contributed by atoms with E-state index in [1.165, 1.54) is 5.57 Å². The van der Waals surface area contributed by atoms with Gasteiger partial charge in [-0.25, -0.2) is 0 Å². The van der Waals surface area contributed by atoms with Crippen LogP contribution in [0.15, 0.2) is 36.6 Å². The first kappa shape index (κ1) is 8.08.